The van der Waals surface area contributed by atoms with Crippen molar-refractivity contribution in [3.05, 3.63) is 56.7 Å². The van der Waals surface area contributed by atoms with Crippen LogP contribution in [0.5, 0.6) is 0 Å². The minimum absolute atomic E-state index is 0.432. The van der Waals surface area contributed by atoms with Crippen LogP contribution in [0.25, 0.3) is 0 Å². The van der Waals surface area contributed by atoms with Crippen LogP contribution >= 0.6 is 31.9 Å². The van der Waals surface area contributed by atoms with E-state index in [2.05, 4.69) is 42.2 Å². The molecule has 2 aromatic rings. The Kier molecular flexibility index (Phi) is 4.77. The van der Waals surface area contributed by atoms with Crippen molar-refractivity contribution in [3.8, 4) is 0 Å². The third kappa shape index (κ3) is 3.58. The summed E-state index contributed by atoms with van der Waals surface area (Å²) in [6.07, 6.45) is 1.58. The maximum Gasteiger partial charge on any atom is 0.332 e. The molecule has 20 heavy (non-hydrogen) atoms. The molecule has 0 bridgehead atoms. The molecule has 0 radical (unpaired) electrons. The topological polar surface area (TPSA) is 62.2 Å². The second kappa shape index (κ2) is 6.37. The lowest BCUT2D eigenvalue weighted by Gasteiger charge is -2.16. The van der Waals surface area contributed by atoms with Gasteiger partial charge in [-0.3, -0.25) is 4.98 Å². The highest BCUT2D eigenvalue weighted by atomic mass is 79.9. The van der Waals surface area contributed by atoms with Crippen LogP contribution in [0.4, 0.5) is 5.69 Å². The van der Waals surface area contributed by atoms with Gasteiger partial charge in [0.1, 0.15) is 0 Å². The van der Waals surface area contributed by atoms with E-state index < -0.39 is 12.0 Å². The highest BCUT2D eigenvalue weighted by molar-refractivity contribution is 9.11. The maximum absolute atomic E-state index is 11.5. The molecule has 1 unspecified atom stereocenters. The first-order valence-electron chi connectivity index (χ1n) is 5.84. The van der Waals surface area contributed by atoms with E-state index in [1.54, 1.807) is 12.3 Å². The molecule has 0 aliphatic carbocycles. The molecule has 6 heteroatoms. The lowest BCUT2D eigenvalue weighted by molar-refractivity contribution is -0.138. The molecule has 2 rings (SSSR count). The first-order chi connectivity index (χ1) is 9.47. The van der Waals surface area contributed by atoms with Gasteiger partial charge in [-0.1, -0.05) is 17.7 Å². The molecule has 0 saturated heterocycles. The van der Waals surface area contributed by atoms with Gasteiger partial charge in [0, 0.05) is 20.8 Å². The van der Waals surface area contributed by atoms with Gasteiger partial charge in [0.15, 0.2) is 6.04 Å². The molecule has 104 valence electrons. The first-order valence-corrected chi connectivity index (χ1v) is 7.43. The van der Waals surface area contributed by atoms with Gasteiger partial charge in [-0.05, 0) is 57.0 Å². The number of hydrogen-bond acceptors (Lipinski definition) is 3. The highest BCUT2D eigenvalue weighted by Crippen LogP contribution is 2.27. The first kappa shape index (κ1) is 15.0. The van der Waals surface area contributed by atoms with Gasteiger partial charge in [0.25, 0.3) is 0 Å². The van der Waals surface area contributed by atoms with Gasteiger partial charge in [-0.2, -0.15) is 0 Å². The summed E-state index contributed by atoms with van der Waals surface area (Å²) in [4.78, 5) is 15.6. The van der Waals surface area contributed by atoms with Crippen molar-refractivity contribution in [2.24, 2.45) is 0 Å². The van der Waals surface area contributed by atoms with Crippen LogP contribution in [0.15, 0.2) is 45.5 Å². The Morgan fingerprint density at radius 3 is 2.50 bits per heavy atom. The minimum Gasteiger partial charge on any atom is -0.479 e. The molecule has 4 nitrogen and oxygen atoms in total. The van der Waals surface area contributed by atoms with Crippen molar-refractivity contribution in [3.63, 3.8) is 0 Å². The normalized spacial score (nSPS) is 11.9. The van der Waals surface area contributed by atoms with Crippen LogP contribution in [0.1, 0.15) is 17.3 Å². The number of pyridine rings is 1. The Balaban J connectivity index is 2.31. The number of hydrogen-bond donors (Lipinski definition) is 2. The fourth-order valence-electron chi connectivity index (χ4n) is 1.70. The van der Waals surface area contributed by atoms with Crippen LogP contribution in [0.2, 0.25) is 0 Å². The maximum atomic E-state index is 11.5. The van der Waals surface area contributed by atoms with Crippen molar-refractivity contribution >= 4 is 43.5 Å². The molecule has 0 spiro atoms. The number of benzene rings is 1. The number of halogens is 2. The quantitative estimate of drug-likeness (QED) is 0.810. The van der Waals surface area contributed by atoms with Crippen molar-refractivity contribution in [2.45, 2.75) is 13.0 Å². The largest absolute Gasteiger partial charge is 0.479 e. The van der Waals surface area contributed by atoms with Crippen LogP contribution in [0.3, 0.4) is 0 Å². The zero-order valence-electron chi connectivity index (χ0n) is 10.6. The standard InChI is InChI=1S/C14H12Br2N2O2/c1-8-2-4-10(5-3-8)18-13(14(19)20)12-11(16)6-9(15)7-17-12/h2-7,13,18H,1H3,(H,19,20). The van der Waals surface area contributed by atoms with Crippen LogP contribution in [-0.2, 0) is 4.79 Å². The van der Waals surface area contributed by atoms with Crippen molar-refractivity contribution in [2.75, 3.05) is 5.32 Å². The SMILES string of the molecule is Cc1ccc(NC(C(=O)O)c2ncc(Br)cc2Br)cc1. The third-order valence-electron chi connectivity index (χ3n) is 2.72. The Morgan fingerprint density at radius 1 is 1.30 bits per heavy atom. The van der Waals surface area contributed by atoms with Gasteiger partial charge >= 0.3 is 5.97 Å². The predicted molar refractivity (Wildman–Crippen MR) is 84.8 cm³/mol. The van der Waals surface area contributed by atoms with E-state index >= 15 is 0 Å². The van der Waals surface area contributed by atoms with E-state index in [1.165, 1.54) is 0 Å². The number of aliphatic carboxylic acids is 1. The molecular weight excluding hydrogens is 388 g/mol. The van der Waals surface area contributed by atoms with Crippen molar-refractivity contribution in [1.29, 1.82) is 0 Å². The summed E-state index contributed by atoms with van der Waals surface area (Å²) in [5.74, 6) is -0.985. The molecule has 0 saturated carbocycles. The van der Waals surface area contributed by atoms with Gasteiger partial charge in [0.2, 0.25) is 0 Å². The molecule has 0 aliphatic heterocycles. The minimum atomic E-state index is -0.985. The monoisotopic (exact) mass is 398 g/mol. The smallest absolute Gasteiger partial charge is 0.332 e. The molecule has 1 heterocycles. The molecule has 1 aromatic heterocycles. The summed E-state index contributed by atoms with van der Waals surface area (Å²) in [6.45, 7) is 1.98. The van der Waals surface area contributed by atoms with E-state index in [4.69, 9.17) is 0 Å². The molecule has 0 fully saturated rings. The van der Waals surface area contributed by atoms with Crippen LogP contribution in [-0.4, -0.2) is 16.1 Å². The highest BCUT2D eigenvalue weighted by Gasteiger charge is 2.23. The lowest BCUT2D eigenvalue weighted by atomic mass is 10.1. The van der Waals surface area contributed by atoms with E-state index in [1.807, 2.05) is 31.2 Å². The van der Waals surface area contributed by atoms with E-state index in [0.29, 0.717) is 10.2 Å². The van der Waals surface area contributed by atoms with Crippen molar-refractivity contribution in [1.82, 2.24) is 4.98 Å². The lowest BCUT2D eigenvalue weighted by Crippen LogP contribution is -2.22. The number of carbonyl (C=O) groups is 1. The average molecular weight is 400 g/mol. The molecule has 0 amide bonds. The number of rotatable bonds is 4. The van der Waals surface area contributed by atoms with E-state index in [9.17, 15) is 9.90 Å². The number of carboxylic acids is 1. The Bertz CT molecular complexity index is 630. The van der Waals surface area contributed by atoms with E-state index in [0.717, 1.165) is 15.7 Å². The average Bonchev–Trinajstić information content (AvgIpc) is 2.39. The van der Waals surface area contributed by atoms with Crippen LogP contribution in [0, 0.1) is 6.92 Å². The Labute approximate surface area is 133 Å². The number of nitrogens with zero attached hydrogens (tertiary/aromatic N) is 1. The number of aryl methyl sites for hydroxylation is 1. The summed E-state index contributed by atoms with van der Waals surface area (Å²) < 4.78 is 1.42. The molecule has 0 aliphatic rings. The summed E-state index contributed by atoms with van der Waals surface area (Å²) in [5, 5.41) is 12.4. The van der Waals surface area contributed by atoms with Gasteiger partial charge < -0.3 is 10.4 Å². The number of carboxylic acid groups (broad SMARTS) is 1. The van der Waals surface area contributed by atoms with Crippen LogP contribution < -0.4 is 5.32 Å². The molecule has 1 aromatic carbocycles. The molecular formula is C14H12Br2N2O2. The van der Waals surface area contributed by atoms with Gasteiger partial charge in [0.05, 0.1) is 5.69 Å². The Morgan fingerprint density at radius 2 is 1.95 bits per heavy atom. The predicted octanol–water partition coefficient (Wildman–Crippen LogP) is 4.15. The fourth-order valence-corrected chi connectivity index (χ4v) is 2.92. The summed E-state index contributed by atoms with van der Waals surface area (Å²) >= 11 is 6.64. The fraction of sp³-hybridized carbons (Fsp3) is 0.143. The molecule has 1 atom stereocenters. The number of aromatic nitrogens is 1. The zero-order chi connectivity index (χ0) is 14.7. The molecule has 2 N–H and O–H groups in total. The second-order valence-electron chi connectivity index (χ2n) is 4.30. The van der Waals surface area contributed by atoms with Gasteiger partial charge in [-0.15, -0.1) is 0 Å². The number of anilines is 1. The third-order valence-corrected chi connectivity index (χ3v) is 3.79. The number of nitrogens with one attached hydrogen (secondary N) is 1. The van der Waals surface area contributed by atoms with Gasteiger partial charge in [-0.25, -0.2) is 4.79 Å². The summed E-state index contributed by atoms with van der Waals surface area (Å²) in [6, 6.07) is 8.39. The second-order valence-corrected chi connectivity index (χ2v) is 6.07. The summed E-state index contributed by atoms with van der Waals surface area (Å²) in [5.41, 5.74) is 2.28. The van der Waals surface area contributed by atoms with Crippen molar-refractivity contribution < 1.29 is 9.90 Å². The summed E-state index contributed by atoms with van der Waals surface area (Å²) in [7, 11) is 0. The van der Waals surface area contributed by atoms with E-state index in [-0.39, 0.29) is 0 Å². The Hall–Kier alpha value is -1.40. The zero-order valence-corrected chi connectivity index (χ0v) is 13.8.